The molecule has 0 aromatic carbocycles. The number of allylic oxidation sites excluding steroid dienone is 2. The number of unbranched alkanes of at least 4 members (excludes halogenated alkanes) is 4. The van der Waals surface area contributed by atoms with Crippen LogP contribution in [-0.2, 0) is 4.79 Å². The van der Waals surface area contributed by atoms with Gasteiger partial charge >= 0.3 is 0 Å². The molecule has 0 aromatic rings. The number of carbonyl (C=O) groups is 1. The fraction of sp³-hybridized carbons (Fsp3) is 0.727. The van der Waals surface area contributed by atoms with Crippen LogP contribution in [0.25, 0.3) is 0 Å². The molecule has 0 aliphatic rings. The number of hydrogen-bond acceptors (Lipinski definition) is 1. The smallest absolute Gasteiger partial charge is 0.145 e. The van der Waals surface area contributed by atoms with Crippen molar-refractivity contribution in [3.05, 3.63) is 11.6 Å². The van der Waals surface area contributed by atoms with Crippen LogP contribution < -0.4 is 0 Å². The molecule has 0 aromatic heterocycles. The molecule has 0 heterocycles. The lowest BCUT2D eigenvalue weighted by Crippen LogP contribution is -1.82. The van der Waals surface area contributed by atoms with Crippen LogP contribution in [0.4, 0.5) is 0 Å². The molecule has 0 aliphatic heterocycles. The Morgan fingerprint density at radius 1 is 1.17 bits per heavy atom. The van der Waals surface area contributed by atoms with Gasteiger partial charge < -0.3 is 0 Å². The molecule has 1 heteroatoms. The molecule has 0 unspecified atom stereocenters. The van der Waals surface area contributed by atoms with Crippen LogP contribution >= 0.6 is 0 Å². The van der Waals surface area contributed by atoms with Gasteiger partial charge in [0, 0.05) is 0 Å². The third kappa shape index (κ3) is 6.14. The number of rotatable bonds is 7. The molecule has 1 nitrogen and oxygen atoms in total. The third-order valence-corrected chi connectivity index (χ3v) is 2.02. The van der Waals surface area contributed by atoms with Gasteiger partial charge in [0.15, 0.2) is 0 Å². The summed E-state index contributed by atoms with van der Waals surface area (Å²) in [5.41, 5.74) is 0.950. The van der Waals surface area contributed by atoms with E-state index in [2.05, 4.69) is 13.0 Å². The molecule has 0 aliphatic carbocycles. The highest BCUT2D eigenvalue weighted by Gasteiger charge is 1.90. The summed E-state index contributed by atoms with van der Waals surface area (Å²) in [5.74, 6) is 0. The van der Waals surface area contributed by atoms with Crippen molar-refractivity contribution in [2.45, 2.75) is 52.4 Å². The molecule has 0 N–H and O–H groups in total. The summed E-state index contributed by atoms with van der Waals surface area (Å²) in [7, 11) is 0. The van der Waals surface area contributed by atoms with Gasteiger partial charge in [0.25, 0.3) is 0 Å². The Labute approximate surface area is 75.9 Å². The first-order chi connectivity index (χ1) is 5.85. The summed E-state index contributed by atoms with van der Waals surface area (Å²) in [6.07, 6.45) is 10.1. The van der Waals surface area contributed by atoms with Gasteiger partial charge in [-0.3, -0.25) is 4.79 Å². The Hall–Kier alpha value is -0.590. The van der Waals surface area contributed by atoms with E-state index >= 15 is 0 Å². The number of aldehydes is 1. The molecule has 0 spiro atoms. The summed E-state index contributed by atoms with van der Waals surface area (Å²) in [6.45, 7) is 4.23. The standard InChI is InChI=1S/C11H20O/c1-3-5-6-7-8-9-11(4-2)10-12/h9-10H,3-8H2,1-2H3/b11-9-. The van der Waals surface area contributed by atoms with Crippen molar-refractivity contribution in [3.63, 3.8) is 0 Å². The van der Waals surface area contributed by atoms with Crippen molar-refractivity contribution in [2.75, 3.05) is 0 Å². The normalized spacial score (nSPS) is 11.7. The highest BCUT2D eigenvalue weighted by Crippen LogP contribution is 2.05. The van der Waals surface area contributed by atoms with Gasteiger partial charge in [-0.1, -0.05) is 39.2 Å². The van der Waals surface area contributed by atoms with Crippen LogP contribution in [0.2, 0.25) is 0 Å². The van der Waals surface area contributed by atoms with E-state index in [4.69, 9.17) is 0 Å². The SMILES string of the molecule is CCCCCC/C=C(\C=O)CC. The Morgan fingerprint density at radius 2 is 1.92 bits per heavy atom. The predicted molar refractivity (Wildman–Crippen MR) is 53.2 cm³/mol. The number of carbonyl (C=O) groups excluding carboxylic acids is 1. The largest absolute Gasteiger partial charge is 0.298 e. The maximum Gasteiger partial charge on any atom is 0.145 e. The van der Waals surface area contributed by atoms with Crippen LogP contribution in [-0.4, -0.2) is 6.29 Å². The second-order valence-electron chi connectivity index (χ2n) is 3.10. The fourth-order valence-electron chi connectivity index (χ4n) is 1.13. The van der Waals surface area contributed by atoms with Crippen LogP contribution in [0, 0.1) is 0 Å². The van der Waals surface area contributed by atoms with Crippen LogP contribution in [0.5, 0.6) is 0 Å². The van der Waals surface area contributed by atoms with Gasteiger partial charge in [-0.05, 0) is 24.8 Å². The van der Waals surface area contributed by atoms with Crippen molar-refractivity contribution in [2.24, 2.45) is 0 Å². The molecule has 0 saturated carbocycles. The first kappa shape index (κ1) is 11.4. The zero-order valence-electron chi connectivity index (χ0n) is 8.31. The molecule has 0 bridgehead atoms. The van der Waals surface area contributed by atoms with E-state index in [0.717, 1.165) is 24.7 Å². The van der Waals surface area contributed by atoms with E-state index < -0.39 is 0 Å². The Balaban J connectivity index is 3.37. The minimum atomic E-state index is 0.872. The lowest BCUT2D eigenvalue weighted by atomic mass is 10.1. The van der Waals surface area contributed by atoms with Crippen LogP contribution in [0.3, 0.4) is 0 Å². The fourth-order valence-corrected chi connectivity index (χ4v) is 1.13. The molecule has 12 heavy (non-hydrogen) atoms. The topological polar surface area (TPSA) is 17.1 Å². The van der Waals surface area contributed by atoms with E-state index in [9.17, 15) is 4.79 Å². The monoisotopic (exact) mass is 168 g/mol. The van der Waals surface area contributed by atoms with Crippen molar-refractivity contribution in [1.82, 2.24) is 0 Å². The highest BCUT2D eigenvalue weighted by atomic mass is 16.1. The van der Waals surface area contributed by atoms with Gasteiger partial charge in [-0.25, -0.2) is 0 Å². The molecule has 0 rings (SSSR count). The Kier molecular flexibility index (Phi) is 8.09. The van der Waals surface area contributed by atoms with Crippen LogP contribution in [0.1, 0.15) is 52.4 Å². The predicted octanol–water partition coefficient (Wildman–Crippen LogP) is 3.49. The van der Waals surface area contributed by atoms with E-state index in [1.165, 1.54) is 25.7 Å². The molecule has 70 valence electrons. The maximum absolute atomic E-state index is 10.4. The lowest BCUT2D eigenvalue weighted by Gasteiger charge is -1.96. The average Bonchev–Trinajstić information content (AvgIpc) is 2.11. The van der Waals surface area contributed by atoms with Gasteiger partial charge in [-0.15, -0.1) is 0 Å². The van der Waals surface area contributed by atoms with Crippen molar-refractivity contribution >= 4 is 6.29 Å². The minimum Gasteiger partial charge on any atom is -0.298 e. The zero-order chi connectivity index (χ0) is 9.23. The van der Waals surface area contributed by atoms with Gasteiger partial charge in [-0.2, -0.15) is 0 Å². The molecule has 0 saturated heterocycles. The number of hydrogen-bond donors (Lipinski definition) is 0. The molecule has 0 radical (unpaired) electrons. The quantitative estimate of drug-likeness (QED) is 0.323. The van der Waals surface area contributed by atoms with Gasteiger partial charge in [0.1, 0.15) is 6.29 Å². The van der Waals surface area contributed by atoms with Crippen molar-refractivity contribution in [3.8, 4) is 0 Å². The molecule has 0 amide bonds. The van der Waals surface area contributed by atoms with Crippen molar-refractivity contribution < 1.29 is 4.79 Å². The summed E-state index contributed by atoms with van der Waals surface area (Å²) in [5, 5.41) is 0. The lowest BCUT2D eigenvalue weighted by molar-refractivity contribution is -0.105. The zero-order valence-corrected chi connectivity index (χ0v) is 8.31. The second-order valence-corrected chi connectivity index (χ2v) is 3.10. The minimum absolute atomic E-state index is 0.872. The van der Waals surface area contributed by atoms with E-state index in [1.54, 1.807) is 0 Å². The van der Waals surface area contributed by atoms with Crippen molar-refractivity contribution in [1.29, 1.82) is 0 Å². The van der Waals surface area contributed by atoms with E-state index in [1.807, 2.05) is 6.92 Å². The molecular weight excluding hydrogens is 148 g/mol. The second kappa shape index (κ2) is 8.51. The van der Waals surface area contributed by atoms with Crippen LogP contribution in [0.15, 0.2) is 11.6 Å². The third-order valence-electron chi connectivity index (χ3n) is 2.02. The first-order valence-corrected chi connectivity index (χ1v) is 4.99. The average molecular weight is 168 g/mol. The first-order valence-electron chi connectivity index (χ1n) is 4.99. The Morgan fingerprint density at radius 3 is 2.42 bits per heavy atom. The Bertz CT molecular complexity index is 136. The molecular formula is C11H20O. The van der Waals surface area contributed by atoms with Gasteiger partial charge in [0.2, 0.25) is 0 Å². The van der Waals surface area contributed by atoms with E-state index in [0.29, 0.717) is 0 Å². The summed E-state index contributed by atoms with van der Waals surface area (Å²) in [6, 6.07) is 0. The molecule has 0 atom stereocenters. The molecule has 0 fully saturated rings. The summed E-state index contributed by atoms with van der Waals surface area (Å²) in [4.78, 5) is 10.4. The maximum atomic E-state index is 10.4. The summed E-state index contributed by atoms with van der Waals surface area (Å²) < 4.78 is 0. The highest BCUT2D eigenvalue weighted by molar-refractivity contribution is 5.72. The summed E-state index contributed by atoms with van der Waals surface area (Å²) >= 11 is 0. The van der Waals surface area contributed by atoms with Gasteiger partial charge in [0.05, 0.1) is 0 Å². The van der Waals surface area contributed by atoms with E-state index in [-0.39, 0.29) is 0 Å².